The molecule has 154 valence electrons. The van der Waals surface area contributed by atoms with Gasteiger partial charge in [-0.15, -0.1) is 0 Å². The highest BCUT2D eigenvalue weighted by Crippen LogP contribution is 2.29. The van der Waals surface area contributed by atoms with Gasteiger partial charge >= 0.3 is 6.18 Å². The van der Waals surface area contributed by atoms with Crippen LogP contribution < -0.4 is 10.0 Å². The number of rotatable bonds is 6. The third-order valence-electron chi connectivity index (χ3n) is 3.55. The predicted molar refractivity (Wildman–Crippen MR) is 105 cm³/mol. The maximum atomic E-state index is 12.6. The Morgan fingerprint density at radius 1 is 1.10 bits per heavy atom. The average Bonchev–Trinajstić information content (AvgIpc) is 2.65. The molecule has 0 bridgehead atoms. The lowest BCUT2D eigenvalue weighted by Gasteiger charge is -2.07. The predicted octanol–water partition coefficient (Wildman–Crippen LogP) is 3.30. The first kappa shape index (κ1) is 22.9. The largest absolute Gasteiger partial charge is 0.416 e. The number of nitrogens with one attached hydrogen (secondary N) is 2. The molecule has 2 rings (SSSR count). The summed E-state index contributed by atoms with van der Waals surface area (Å²) >= 11 is 3.19. The van der Waals surface area contributed by atoms with E-state index in [2.05, 4.69) is 37.8 Å². The van der Waals surface area contributed by atoms with Crippen molar-refractivity contribution >= 4 is 31.9 Å². The zero-order chi connectivity index (χ0) is 21.5. The van der Waals surface area contributed by atoms with Crippen LogP contribution in [0, 0.1) is 11.8 Å². The molecule has 0 saturated heterocycles. The topological polar surface area (TPSA) is 75.3 Å². The quantitative estimate of drug-likeness (QED) is 0.612. The number of hydrogen-bond donors (Lipinski definition) is 2. The average molecular weight is 489 g/mol. The lowest BCUT2D eigenvalue weighted by atomic mass is 10.1. The summed E-state index contributed by atoms with van der Waals surface area (Å²) in [6.45, 7) is -0.185. The van der Waals surface area contributed by atoms with Gasteiger partial charge in [0.1, 0.15) is 0 Å². The van der Waals surface area contributed by atoms with Crippen LogP contribution in [0.5, 0.6) is 0 Å². The van der Waals surface area contributed by atoms with Gasteiger partial charge in [0, 0.05) is 23.0 Å². The Kier molecular flexibility index (Phi) is 7.84. The number of carbonyl (C=O) groups is 1. The molecule has 2 aromatic carbocycles. The molecule has 0 atom stereocenters. The Morgan fingerprint density at radius 2 is 1.83 bits per heavy atom. The molecular weight excluding hydrogens is 473 g/mol. The van der Waals surface area contributed by atoms with Gasteiger partial charge in [-0.1, -0.05) is 39.9 Å². The van der Waals surface area contributed by atoms with Gasteiger partial charge in [-0.2, -0.15) is 13.2 Å². The van der Waals surface area contributed by atoms with Gasteiger partial charge in [-0.05, 0) is 36.4 Å². The van der Waals surface area contributed by atoms with E-state index in [-0.39, 0.29) is 30.0 Å². The van der Waals surface area contributed by atoms with Gasteiger partial charge in [0.25, 0.3) is 0 Å². The van der Waals surface area contributed by atoms with Crippen LogP contribution in [-0.2, 0) is 21.0 Å². The summed E-state index contributed by atoms with van der Waals surface area (Å²) in [7, 11) is -3.74. The summed E-state index contributed by atoms with van der Waals surface area (Å²) in [5, 5.41) is 2.46. The van der Waals surface area contributed by atoms with Crippen LogP contribution in [-0.4, -0.2) is 27.4 Å². The van der Waals surface area contributed by atoms with Crippen LogP contribution in [0.4, 0.5) is 13.2 Å². The highest BCUT2D eigenvalue weighted by Gasteiger charge is 2.30. The highest BCUT2D eigenvalue weighted by atomic mass is 79.9. The normalized spacial score (nSPS) is 11.4. The number of benzene rings is 2. The van der Waals surface area contributed by atoms with Crippen molar-refractivity contribution in [3.8, 4) is 11.8 Å². The Labute approximate surface area is 174 Å². The van der Waals surface area contributed by atoms with Gasteiger partial charge in [0.2, 0.25) is 15.9 Å². The maximum absolute atomic E-state index is 12.6. The van der Waals surface area contributed by atoms with E-state index >= 15 is 0 Å². The van der Waals surface area contributed by atoms with Crippen LogP contribution in [0.15, 0.2) is 57.9 Å². The van der Waals surface area contributed by atoms with Crippen molar-refractivity contribution in [2.24, 2.45) is 0 Å². The molecular formula is C19H16BrF3N2O3S. The molecule has 0 aliphatic heterocycles. The number of halogens is 4. The van der Waals surface area contributed by atoms with Crippen molar-refractivity contribution in [3.63, 3.8) is 0 Å². The van der Waals surface area contributed by atoms with Crippen molar-refractivity contribution in [3.05, 3.63) is 64.1 Å². The van der Waals surface area contributed by atoms with Crippen molar-refractivity contribution in [1.82, 2.24) is 10.0 Å². The summed E-state index contributed by atoms with van der Waals surface area (Å²) in [5.74, 6) is 4.65. The van der Waals surface area contributed by atoms with E-state index in [1.165, 1.54) is 24.3 Å². The van der Waals surface area contributed by atoms with Gasteiger partial charge in [0.05, 0.1) is 17.0 Å². The Morgan fingerprint density at radius 3 is 2.52 bits per heavy atom. The molecule has 0 aliphatic carbocycles. The summed E-state index contributed by atoms with van der Waals surface area (Å²) in [5.41, 5.74) is -0.623. The smallest absolute Gasteiger partial charge is 0.345 e. The second-order valence-corrected chi connectivity index (χ2v) is 8.44. The molecule has 0 saturated carbocycles. The number of hydrogen-bond acceptors (Lipinski definition) is 3. The van der Waals surface area contributed by atoms with Crippen molar-refractivity contribution in [1.29, 1.82) is 0 Å². The Balaban J connectivity index is 1.79. The minimum atomic E-state index is -4.45. The SMILES string of the molecule is O=C(CCNS(=O)(=O)c1cccc(Br)c1)NCC#Cc1cccc(C(F)(F)F)c1. The highest BCUT2D eigenvalue weighted by molar-refractivity contribution is 9.10. The van der Waals surface area contributed by atoms with Crippen molar-refractivity contribution in [2.45, 2.75) is 17.5 Å². The molecule has 0 heterocycles. The van der Waals surface area contributed by atoms with E-state index in [1.807, 2.05) is 0 Å². The summed E-state index contributed by atoms with van der Waals surface area (Å²) in [4.78, 5) is 11.8. The van der Waals surface area contributed by atoms with E-state index in [9.17, 15) is 26.4 Å². The summed E-state index contributed by atoms with van der Waals surface area (Å²) in [6, 6.07) is 10.7. The first-order valence-corrected chi connectivity index (χ1v) is 10.5. The molecule has 0 unspecified atom stereocenters. The molecule has 10 heteroatoms. The number of alkyl halides is 3. The van der Waals surface area contributed by atoms with Crippen molar-refractivity contribution < 1.29 is 26.4 Å². The molecule has 1 amide bonds. The monoisotopic (exact) mass is 488 g/mol. The van der Waals surface area contributed by atoms with Gasteiger partial charge < -0.3 is 5.32 Å². The van der Waals surface area contributed by atoms with E-state index < -0.39 is 27.7 Å². The van der Waals surface area contributed by atoms with Crippen LogP contribution in [0.2, 0.25) is 0 Å². The molecule has 0 aliphatic rings. The number of amides is 1. The Hall–Kier alpha value is -2.35. The third-order valence-corrected chi connectivity index (χ3v) is 5.50. The molecule has 5 nitrogen and oxygen atoms in total. The first-order chi connectivity index (χ1) is 13.6. The fourth-order valence-electron chi connectivity index (χ4n) is 2.17. The lowest BCUT2D eigenvalue weighted by Crippen LogP contribution is -2.31. The second kappa shape index (κ2) is 9.91. The van der Waals surface area contributed by atoms with Gasteiger partial charge in [0.15, 0.2) is 0 Å². The fourth-order valence-corrected chi connectivity index (χ4v) is 3.80. The number of sulfonamides is 1. The zero-order valence-electron chi connectivity index (χ0n) is 14.9. The van der Waals surface area contributed by atoms with E-state index in [0.717, 1.165) is 12.1 Å². The zero-order valence-corrected chi connectivity index (χ0v) is 17.3. The molecule has 0 radical (unpaired) electrons. The molecule has 2 N–H and O–H groups in total. The third kappa shape index (κ3) is 7.53. The summed E-state index contributed by atoms with van der Waals surface area (Å²) in [6.07, 6.45) is -4.56. The van der Waals surface area contributed by atoms with Gasteiger partial charge in [-0.25, -0.2) is 13.1 Å². The van der Waals surface area contributed by atoms with E-state index in [1.54, 1.807) is 12.1 Å². The first-order valence-electron chi connectivity index (χ1n) is 8.26. The van der Waals surface area contributed by atoms with Crippen LogP contribution in [0.25, 0.3) is 0 Å². The lowest BCUT2D eigenvalue weighted by molar-refractivity contribution is -0.137. The molecule has 2 aromatic rings. The maximum Gasteiger partial charge on any atom is 0.416 e. The molecule has 0 fully saturated rings. The van der Waals surface area contributed by atoms with E-state index in [4.69, 9.17) is 0 Å². The second-order valence-electron chi connectivity index (χ2n) is 5.76. The van der Waals surface area contributed by atoms with Crippen LogP contribution in [0.1, 0.15) is 17.5 Å². The molecule has 29 heavy (non-hydrogen) atoms. The van der Waals surface area contributed by atoms with Crippen LogP contribution >= 0.6 is 15.9 Å². The molecule has 0 aromatic heterocycles. The van der Waals surface area contributed by atoms with Crippen molar-refractivity contribution in [2.75, 3.05) is 13.1 Å². The Bertz CT molecular complexity index is 1040. The minimum Gasteiger partial charge on any atom is -0.345 e. The molecule has 0 spiro atoms. The summed E-state index contributed by atoms with van der Waals surface area (Å²) < 4.78 is 65.1. The van der Waals surface area contributed by atoms with E-state index in [0.29, 0.717) is 4.47 Å². The van der Waals surface area contributed by atoms with Crippen LogP contribution in [0.3, 0.4) is 0 Å². The number of carbonyl (C=O) groups excluding carboxylic acids is 1. The standard InChI is InChI=1S/C19H16BrF3N2O3S/c20-16-7-2-8-17(13-16)29(27,28)25-11-9-18(26)24-10-3-5-14-4-1-6-15(12-14)19(21,22)23/h1-2,4,6-8,12-13,25H,9-11H2,(H,24,26). The fraction of sp³-hybridized carbons (Fsp3) is 0.211. The minimum absolute atomic E-state index is 0.0687. The van der Waals surface area contributed by atoms with Gasteiger partial charge in [-0.3, -0.25) is 4.79 Å².